The molecule has 9 heteroatoms. The number of benzene rings is 2. The molecule has 1 heterocycles. The van der Waals surface area contributed by atoms with Crippen molar-refractivity contribution in [1.82, 2.24) is 5.32 Å². The highest BCUT2D eigenvalue weighted by Crippen LogP contribution is 2.51. The number of hydrogen-bond acceptors (Lipinski definition) is 7. The van der Waals surface area contributed by atoms with Gasteiger partial charge in [0.1, 0.15) is 5.75 Å². The summed E-state index contributed by atoms with van der Waals surface area (Å²) in [4.78, 5) is 13.1. The number of ether oxygens (including phenoxy) is 1. The molecule has 1 amide bonds. The van der Waals surface area contributed by atoms with Crippen LogP contribution < -0.4 is 20.1 Å². The Bertz CT molecular complexity index is 881. The SMILES string of the molecule is CCOc1cc(C(=O)N[C@@H](Cc2ccccc2)[C@@H](O)CN)cc(N2CCCS2(O)O)c1. The zero-order valence-corrected chi connectivity index (χ0v) is 18.4. The number of aliphatic hydroxyl groups is 1. The van der Waals surface area contributed by atoms with Crippen molar-refractivity contribution in [3.63, 3.8) is 0 Å². The zero-order chi connectivity index (χ0) is 22.4. The lowest BCUT2D eigenvalue weighted by Gasteiger charge is -2.38. The van der Waals surface area contributed by atoms with E-state index in [-0.39, 0.29) is 6.54 Å². The average molecular weight is 450 g/mol. The molecule has 1 saturated heterocycles. The van der Waals surface area contributed by atoms with Gasteiger partial charge < -0.3 is 20.9 Å². The van der Waals surface area contributed by atoms with Gasteiger partial charge in [-0.25, -0.2) is 0 Å². The number of nitrogens with two attached hydrogens (primary N) is 1. The van der Waals surface area contributed by atoms with Gasteiger partial charge in [-0.15, -0.1) is 10.8 Å². The van der Waals surface area contributed by atoms with E-state index in [0.29, 0.717) is 48.7 Å². The molecule has 1 fully saturated rings. The van der Waals surface area contributed by atoms with Crippen molar-refractivity contribution < 1.29 is 23.7 Å². The molecule has 6 N–H and O–H groups in total. The maximum Gasteiger partial charge on any atom is 0.251 e. The Morgan fingerprint density at radius 1 is 1.26 bits per heavy atom. The largest absolute Gasteiger partial charge is 0.494 e. The van der Waals surface area contributed by atoms with Gasteiger partial charge in [-0.1, -0.05) is 30.3 Å². The topological polar surface area (TPSA) is 128 Å². The van der Waals surface area contributed by atoms with Gasteiger partial charge >= 0.3 is 0 Å². The molecule has 1 aliphatic heterocycles. The van der Waals surface area contributed by atoms with Crippen molar-refractivity contribution >= 4 is 22.4 Å². The van der Waals surface area contributed by atoms with Gasteiger partial charge in [-0.05, 0) is 37.5 Å². The number of carbonyl (C=O) groups excluding carboxylic acids is 1. The smallest absolute Gasteiger partial charge is 0.251 e. The van der Waals surface area contributed by atoms with Gasteiger partial charge in [0, 0.05) is 24.7 Å². The number of hydrogen-bond donors (Lipinski definition) is 5. The van der Waals surface area contributed by atoms with Gasteiger partial charge in [0.2, 0.25) is 0 Å². The van der Waals surface area contributed by atoms with E-state index in [1.165, 1.54) is 4.31 Å². The van der Waals surface area contributed by atoms with E-state index in [4.69, 9.17) is 10.5 Å². The summed E-state index contributed by atoms with van der Waals surface area (Å²) in [6, 6.07) is 13.9. The van der Waals surface area contributed by atoms with Gasteiger partial charge in [0.25, 0.3) is 5.91 Å². The number of anilines is 1. The minimum absolute atomic E-state index is 0.0106. The van der Waals surface area contributed by atoms with Crippen LogP contribution in [0.5, 0.6) is 5.75 Å². The summed E-state index contributed by atoms with van der Waals surface area (Å²) in [5.74, 6) is 0.369. The van der Waals surface area contributed by atoms with Crippen molar-refractivity contribution in [3.8, 4) is 5.75 Å². The van der Waals surface area contributed by atoms with Crippen molar-refractivity contribution in [2.45, 2.75) is 31.9 Å². The molecule has 3 rings (SSSR count). The molecular formula is C22H31N3O5S. The molecule has 0 aliphatic carbocycles. The van der Waals surface area contributed by atoms with Crippen LogP contribution in [-0.2, 0) is 6.42 Å². The normalized spacial score (nSPS) is 18.3. The lowest BCUT2D eigenvalue weighted by atomic mass is 10.0. The molecule has 31 heavy (non-hydrogen) atoms. The molecule has 0 aromatic heterocycles. The van der Waals surface area contributed by atoms with Crippen LogP contribution in [-0.4, -0.2) is 57.7 Å². The van der Waals surface area contributed by atoms with Crippen LogP contribution in [0.4, 0.5) is 5.69 Å². The van der Waals surface area contributed by atoms with Crippen molar-refractivity contribution in [2.75, 3.05) is 29.8 Å². The van der Waals surface area contributed by atoms with Gasteiger partial charge in [-0.3, -0.25) is 18.2 Å². The molecule has 8 nitrogen and oxygen atoms in total. The first-order valence-electron chi connectivity index (χ1n) is 10.4. The van der Waals surface area contributed by atoms with Crippen LogP contribution in [0, 0.1) is 0 Å². The lowest BCUT2D eigenvalue weighted by Crippen LogP contribution is -2.47. The van der Waals surface area contributed by atoms with E-state index < -0.39 is 28.8 Å². The number of rotatable bonds is 9. The molecule has 0 saturated carbocycles. The van der Waals surface area contributed by atoms with Crippen LogP contribution in [0.2, 0.25) is 0 Å². The lowest BCUT2D eigenvalue weighted by molar-refractivity contribution is 0.0845. The molecular weight excluding hydrogens is 418 g/mol. The Morgan fingerprint density at radius 2 is 2.00 bits per heavy atom. The first kappa shape index (κ1) is 23.4. The third-order valence-electron chi connectivity index (χ3n) is 5.21. The Labute approximate surface area is 184 Å². The third-order valence-corrected chi connectivity index (χ3v) is 7.14. The molecule has 2 atom stereocenters. The Kier molecular flexibility index (Phi) is 7.79. The number of carbonyl (C=O) groups is 1. The first-order chi connectivity index (χ1) is 14.8. The van der Waals surface area contributed by atoms with Gasteiger partial charge in [0.05, 0.1) is 30.2 Å². The highest BCUT2D eigenvalue weighted by molar-refractivity contribution is 8.25. The monoisotopic (exact) mass is 449 g/mol. The molecule has 0 unspecified atom stereocenters. The maximum atomic E-state index is 13.1. The third kappa shape index (κ3) is 5.90. The van der Waals surface area contributed by atoms with Crippen molar-refractivity contribution in [2.24, 2.45) is 5.73 Å². The summed E-state index contributed by atoms with van der Waals surface area (Å²) in [7, 11) is -2.91. The molecule has 0 spiro atoms. The molecule has 0 radical (unpaired) electrons. The van der Waals surface area contributed by atoms with Gasteiger partial charge in [-0.2, -0.15) is 0 Å². The maximum absolute atomic E-state index is 13.1. The van der Waals surface area contributed by atoms with Crippen LogP contribution in [0.25, 0.3) is 0 Å². The molecule has 1 aliphatic rings. The number of nitrogens with zero attached hydrogens (tertiary/aromatic N) is 1. The second-order valence-electron chi connectivity index (χ2n) is 7.51. The summed E-state index contributed by atoms with van der Waals surface area (Å²) in [5.41, 5.74) is 7.46. The van der Waals surface area contributed by atoms with E-state index in [0.717, 1.165) is 5.56 Å². The Hall–Kier alpha value is -2.30. The van der Waals surface area contributed by atoms with Crippen molar-refractivity contribution in [1.29, 1.82) is 0 Å². The van der Waals surface area contributed by atoms with Crippen LogP contribution in [0.15, 0.2) is 48.5 Å². The molecule has 2 aromatic carbocycles. The predicted octanol–water partition coefficient (Wildman–Crippen LogP) is 2.62. The quantitative estimate of drug-likeness (QED) is 0.398. The number of amides is 1. The summed E-state index contributed by atoms with van der Waals surface area (Å²) < 4.78 is 27.8. The van der Waals surface area contributed by atoms with Gasteiger partial charge in [0.15, 0.2) is 0 Å². The predicted molar refractivity (Wildman–Crippen MR) is 124 cm³/mol. The fourth-order valence-electron chi connectivity index (χ4n) is 3.63. The molecule has 170 valence electrons. The van der Waals surface area contributed by atoms with Crippen LogP contribution >= 0.6 is 10.8 Å². The highest BCUT2D eigenvalue weighted by Gasteiger charge is 2.30. The van der Waals surface area contributed by atoms with E-state index in [1.807, 2.05) is 37.3 Å². The fraction of sp³-hybridized carbons (Fsp3) is 0.409. The number of nitrogens with one attached hydrogen (secondary N) is 1. The molecule has 2 aromatic rings. The first-order valence-corrected chi connectivity index (χ1v) is 12.1. The van der Waals surface area contributed by atoms with E-state index in [1.54, 1.807) is 18.2 Å². The fourth-order valence-corrected chi connectivity index (χ4v) is 5.23. The van der Waals surface area contributed by atoms with E-state index in [9.17, 15) is 19.0 Å². The summed E-state index contributed by atoms with van der Waals surface area (Å²) in [5, 5.41) is 13.3. The second-order valence-corrected chi connectivity index (χ2v) is 9.63. The minimum Gasteiger partial charge on any atom is -0.494 e. The summed E-state index contributed by atoms with van der Waals surface area (Å²) in [6.07, 6.45) is 0.171. The Balaban J connectivity index is 1.86. The second kappa shape index (κ2) is 10.3. The number of aliphatic hydroxyl groups excluding tert-OH is 1. The van der Waals surface area contributed by atoms with Crippen LogP contribution in [0.1, 0.15) is 29.3 Å². The summed E-state index contributed by atoms with van der Waals surface area (Å²) >= 11 is 0. The van der Waals surface area contributed by atoms with Crippen LogP contribution in [0.3, 0.4) is 0 Å². The average Bonchev–Trinajstić information content (AvgIpc) is 3.12. The standard InChI is InChI=1S/C22H31N3O5S/c1-2-30-19-13-17(12-18(14-19)25-9-6-10-31(25,28)29)22(27)24-20(21(26)15-23)11-16-7-4-3-5-8-16/h3-5,7-8,12-14,20-21,26,28-29H,2,6,9-11,15,23H2,1H3,(H,24,27)/t20-,21-/m0/s1. The summed E-state index contributed by atoms with van der Waals surface area (Å²) in [6.45, 7) is 2.74. The highest BCUT2D eigenvalue weighted by atomic mass is 32.3. The van der Waals surface area contributed by atoms with E-state index in [2.05, 4.69) is 5.32 Å². The Morgan fingerprint density at radius 3 is 2.61 bits per heavy atom. The minimum atomic E-state index is -2.91. The van der Waals surface area contributed by atoms with E-state index >= 15 is 0 Å². The van der Waals surface area contributed by atoms with Crippen molar-refractivity contribution in [3.05, 3.63) is 59.7 Å². The zero-order valence-electron chi connectivity index (χ0n) is 17.6. The molecule has 0 bridgehead atoms.